The molecule has 2 aromatic carbocycles. The van der Waals surface area contributed by atoms with Crippen LogP contribution in [0, 0.1) is 5.92 Å². The highest BCUT2D eigenvalue weighted by atomic mass is 35.5. The van der Waals surface area contributed by atoms with Gasteiger partial charge in [0.2, 0.25) is 5.91 Å². The van der Waals surface area contributed by atoms with Crippen LogP contribution < -0.4 is 14.5 Å². The smallest absolute Gasteiger partial charge is 0.327 e. The zero-order valence-corrected chi connectivity index (χ0v) is 25.2. The molecule has 1 amide bonds. The molecule has 0 saturated carbocycles. The summed E-state index contributed by atoms with van der Waals surface area (Å²) in [6, 6.07) is 11.5. The number of carbonyl (C=O) groups excluding carboxylic acids is 1. The van der Waals surface area contributed by atoms with Gasteiger partial charge >= 0.3 is 7.60 Å². The fourth-order valence-corrected chi connectivity index (χ4v) is 6.24. The van der Waals surface area contributed by atoms with Crippen LogP contribution in [0.2, 0.25) is 10.0 Å². The molecule has 2 atom stereocenters. The first-order chi connectivity index (χ1) is 18.5. The first kappa shape index (κ1) is 30.2. The lowest BCUT2D eigenvalue weighted by atomic mass is 9.99. The summed E-state index contributed by atoms with van der Waals surface area (Å²) in [7, 11) is -3.80. The van der Waals surface area contributed by atoms with E-state index in [1.807, 2.05) is 50.2 Å². The van der Waals surface area contributed by atoms with Gasteiger partial charge in [0.1, 0.15) is 12.0 Å². The van der Waals surface area contributed by atoms with E-state index in [1.165, 1.54) is 4.90 Å². The molecule has 2 aromatic rings. The predicted octanol–water partition coefficient (Wildman–Crippen LogP) is 6.07. The molecule has 0 bridgehead atoms. The summed E-state index contributed by atoms with van der Waals surface area (Å²) in [5, 5.41) is 1.20. The van der Waals surface area contributed by atoms with Gasteiger partial charge in [-0.1, -0.05) is 49.2 Å². The quantitative estimate of drug-likeness (QED) is 0.249. The van der Waals surface area contributed by atoms with Crippen molar-refractivity contribution in [2.45, 2.75) is 45.8 Å². The zero-order chi connectivity index (χ0) is 28.2. The van der Waals surface area contributed by atoms with Gasteiger partial charge < -0.3 is 14.5 Å². The second kappa shape index (κ2) is 13.2. The number of ether oxygens (including phenoxy) is 1. The van der Waals surface area contributed by atoms with Crippen molar-refractivity contribution in [3.63, 3.8) is 0 Å². The molecule has 0 aliphatic carbocycles. The molecule has 11 heteroatoms. The summed E-state index contributed by atoms with van der Waals surface area (Å²) in [5.41, 5.74) is 2.68. The Bertz CT molecular complexity index is 1200. The summed E-state index contributed by atoms with van der Waals surface area (Å²) in [4.78, 5) is 29.0. The van der Waals surface area contributed by atoms with Gasteiger partial charge in [0.15, 0.2) is 0 Å². The molecule has 0 radical (unpaired) electrons. The molecule has 1 fully saturated rings. The highest BCUT2D eigenvalue weighted by Crippen LogP contribution is 2.43. The van der Waals surface area contributed by atoms with Crippen LogP contribution in [0.25, 0.3) is 0 Å². The van der Waals surface area contributed by atoms with Crippen molar-refractivity contribution in [3.05, 3.63) is 52.0 Å². The molecule has 0 spiro atoms. The second-order valence-corrected chi connectivity index (χ2v) is 13.2. The minimum Gasteiger partial charge on any atom is -0.494 e. The number of piperazine rings is 1. The zero-order valence-electron chi connectivity index (χ0n) is 22.8. The van der Waals surface area contributed by atoms with Crippen LogP contribution in [-0.2, 0) is 20.3 Å². The summed E-state index contributed by atoms with van der Waals surface area (Å²) >= 11 is 12.6. The van der Waals surface area contributed by atoms with E-state index in [0.29, 0.717) is 40.9 Å². The van der Waals surface area contributed by atoms with E-state index in [-0.39, 0.29) is 11.8 Å². The molecule has 214 valence electrons. The topological polar surface area (TPSA) is 82.5 Å². The van der Waals surface area contributed by atoms with Crippen LogP contribution in [0.5, 0.6) is 5.75 Å². The molecule has 39 heavy (non-hydrogen) atoms. The van der Waals surface area contributed by atoms with Crippen molar-refractivity contribution < 1.29 is 23.5 Å². The van der Waals surface area contributed by atoms with Gasteiger partial charge in [0.05, 0.1) is 28.0 Å². The van der Waals surface area contributed by atoms with Crippen LogP contribution in [0.1, 0.15) is 38.7 Å². The number of unbranched alkanes of at least 4 members (excludes halogenated alkanes) is 1. The monoisotopic (exact) mass is 597 g/mol. The van der Waals surface area contributed by atoms with E-state index in [4.69, 9.17) is 32.5 Å². The predicted molar refractivity (Wildman–Crippen MR) is 158 cm³/mol. The van der Waals surface area contributed by atoms with Gasteiger partial charge in [-0.3, -0.25) is 23.7 Å². The van der Waals surface area contributed by atoms with Crippen LogP contribution in [0.4, 0.5) is 11.4 Å². The Balaban J connectivity index is 1.27. The number of carbonyl (C=O) groups is 1. The number of benzene rings is 2. The third kappa shape index (κ3) is 7.90. The highest BCUT2D eigenvalue weighted by molar-refractivity contribution is 7.51. The standard InChI is InChI=1S/C28H38Cl2N3O5P/c1-20(2)28(38-39(3,35)36)33-25-19-22(11-9-21(25)10-12-26(33)34)37-18-5-4-13-31-14-16-32(17-15-31)24-8-6-7-23(29)27(24)30/h6-9,11,19-20,28H,4-5,10,12-18H2,1-3H3,(H,35,36). The maximum absolute atomic E-state index is 12.9. The number of anilines is 2. The Labute approximate surface area is 241 Å². The Morgan fingerprint density at radius 1 is 1.03 bits per heavy atom. The summed E-state index contributed by atoms with van der Waals surface area (Å²) in [6.07, 6.45) is 2.04. The lowest BCUT2D eigenvalue weighted by molar-refractivity contribution is -0.121. The minimum atomic E-state index is -3.80. The Morgan fingerprint density at radius 3 is 2.46 bits per heavy atom. The molecule has 4 rings (SSSR count). The third-order valence-electron chi connectivity index (χ3n) is 7.10. The van der Waals surface area contributed by atoms with Crippen LogP contribution >= 0.6 is 30.8 Å². The van der Waals surface area contributed by atoms with Gasteiger partial charge in [-0.25, -0.2) is 0 Å². The van der Waals surface area contributed by atoms with Crippen LogP contribution in [0.3, 0.4) is 0 Å². The number of rotatable bonds is 11. The Morgan fingerprint density at radius 2 is 1.77 bits per heavy atom. The summed E-state index contributed by atoms with van der Waals surface area (Å²) < 4.78 is 23.6. The Kier molecular flexibility index (Phi) is 10.2. The summed E-state index contributed by atoms with van der Waals surface area (Å²) in [6.45, 7) is 10.2. The van der Waals surface area contributed by atoms with Crippen molar-refractivity contribution in [1.82, 2.24) is 4.90 Å². The van der Waals surface area contributed by atoms with Crippen molar-refractivity contribution in [2.24, 2.45) is 5.92 Å². The number of nitrogens with zero attached hydrogens (tertiary/aromatic N) is 3. The number of halogens is 2. The van der Waals surface area contributed by atoms with E-state index >= 15 is 0 Å². The molecular weight excluding hydrogens is 560 g/mol. The molecule has 1 saturated heterocycles. The van der Waals surface area contributed by atoms with Crippen molar-refractivity contribution in [3.8, 4) is 5.75 Å². The fourth-order valence-electron chi connectivity index (χ4n) is 5.09. The molecule has 2 aliphatic rings. The maximum Gasteiger partial charge on any atom is 0.327 e. The van der Waals surface area contributed by atoms with E-state index in [1.54, 1.807) is 0 Å². The SMILES string of the molecule is CC(C)C(OP(C)(=O)O)N1C(=O)CCc2ccc(OCCCCN3CCN(c4cccc(Cl)c4Cl)CC3)cc21. The van der Waals surface area contributed by atoms with E-state index < -0.39 is 13.8 Å². The lowest BCUT2D eigenvalue weighted by Gasteiger charge is -2.38. The number of aryl methyl sites for hydroxylation is 1. The maximum atomic E-state index is 12.9. The van der Waals surface area contributed by atoms with Gasteiger partial charge in [0, 0.05) is 45.3 Å². The van der Waals surface area contributed by atoms with E-state index in [9.17, 15) is 14.3 Å². The van der Waals surface area contributed by atoms with Gasteiger partial charge in [-0.2, -0.15) is 0 Å². The van der Waals surface area contributed by atoms with Crippen molar-refractivity contribution >= 4 is 48.1 Å². The molecule has 2 unspecified atom stereocenters. The highest BCUT2D eigenvalue weighted by Gasteiger charge is 2.36. The number of hydrogen-bond donors (Lipinski definition) is 1. The van der Waals surface area contributed by atoms with Crippen LogP contribution in [0.15, 0.2) is 36.4 Å². The first-order valence-electron chi connectivity index (χ1n) is 13.5. The number of fused-ring (bicyclic) bond motifs is 1. The van der Waals surface area contributed by atoms with Gasteiger partial charge in [0.25, 0.3) is 0 Å². The number of amides is 1. The van der Waals surface area contributed by atoms with Crippen molar-refractivity contribution in [1.29, 1.82) is 0 Å². The lowest BCUT2D eigenvalue weighted by Crippen LogP contribution is -2.47. The average Bonchev–Trinajstić information content (AvgIpc) is 2.89. The van der Waals surface area contributed by atoms with Crippen LogP contribution in [-0.4, -0.2) is 67.9 Å². The van der Waals surface area contributed by atoms with E-state index in [0.717, 1.165) is 63.5 Å². The summed E-state index contributed by atoms with van der Waals surface area (Å²) in [5.74, 6) is 0.380. The van der Waals surface area contributed by atoms with Gasteiger partial charge in [-0.05, 0) is 55.5 Å². The normalized spacial score (nSPS) is 18.7. The minimum absolute atomic E-state index is 0.121. The molecule has 8 nitrogen and oxygen atoms in total. The molecule has 2 aliphatic heterocycles. The van der Waals surface area contributed by atoms with Crippen molar-refractivity contribution in [2.75, 3.05) is 55.8 Å². The molecular formula is C28H38Cl2N3O5P. The fraction of sp³-hybridized carbons (Fsp3) is 0.536. The third-order valence-corrected chi connectivity index (χ3v) is 8.52. The Hall–Kier alpha value is -1.80. The average molecular weight is 599 g/mol. The molecule has 0 aromatic heterocycles. The second-order valence-electron chi connectivity index (χ2n) is 10.6. The van der Waals surface area contributed by atoms with E-state index in [2.05, 4.69) is 9.80 Å². The first-order valence-corrected chi connectivity index (χ1v) is 16.3. The number of hydrogen-bond acceptors (Lipinski definition) is 6. The molecule has 1 N–H and O–H groups in total. The molecule has 2 heterocycles. The largest absolute Gasteiger partial charge is 0.494 e. The van der Waals surface area contributed by atoms with Gasteiger partial charge in [-0.15, -0.1) is 0 Å².